The van der Waals surface area contributed by atoms with Crippen molar-refractivity contribution in [2.24, 2.45) is 5.41 Å². The first-order valence-corrected chi connectivity index (χ1v) is 4.78. The quantitative estimate of drug-likeness (QED) is 0.485. The first kappa shape index (κ1) is 10.3. The molecule has 0 aromatic heterocycles. The maximum atomic E-state index is 11.1. The number of esters is 1. The Bertz CT molecular complexity index is 230. The van der Waals surface area contributed by atoms with Crippen LogP contribution in [0.2, 0.25) is 0 Å². The highest BCUT2D eigenvalue weighted by Gasteiger charge is 2.28. The van der Waals surface area contributed by atoms with E-state index < -0.39 is 0 Å². The molecule has 0 N–H and O–H groups in total. The van der Waals surface area contributed by atoms with Crippen LogP contribution in [0.15, 0.2) is 11.6 Å². The lowest BCUT2D eigenvalue weighted by molar-refractivity contribution is -0.143. The third-order valence-electron chi connectivity index (χ3n) is 2.86. The lowest BCUT2D eigenvalue weighted by Gasteiger charge is -2.31. The van der Waals surface area contributed by atoms with E-state index >= 15 is 0 Å². The van der Waals surface area contributed by atoms with Crippen molar-refractivity contribution in [3.8, 4) is 0 Å². The number of hydrogen-bond donors (Lipinski definition) is 0. The molecule has 0 saturated heterocycles. The number of allylic oxidation sites excluding steroid dienone is 2. The van der Waals surface area contributed by atoms with Gasteiger partial charge in [0.05, 0.1) is 13.5 Å². The Hall–Kier alpha value is -0.790. The van der Waals surface area contributed by atoms with E-state index in [0.29, 0.717) is 6.42 Å². The number of methoxy groups -OCH3 is 1. The summed E-state index contributed by atoms with van der Waals surface area (Å²) in [6, 6.07) is 0. The van der Waals surface area contributed by atoms with Crippen molar-refractivity contribution in [3.05, 3.63) is 11.6 Å². The molecule has 0 saturated carbocycles. The second kappa shape index (κ2) is 3.95. The van der Waals surface area contributed by atoms with Gasteiger partial charge in [0, 0.05) is 0 Å². The minimum atomic E-state index is -0.0875. The van der Waals surface area contributed by atoms with Gasteiger partial charge >= 0.3 is 5.97 Å². The fourth-order valence-electron chi connectivity index (χ4n) is 1.70. The van der Waals surface area contributed by atoms with Crippen molar-refractivity contribution in [2.75, 3.05) is 7.11 Å². The van der Waals surface area contributed by atoms with Crippen LogP contribution in [0.5, 0.6) is 0 Å². The summed E-state index contributed by atoms with van der Waals surface area (Å²) < 4.78 is 4.69. The highest BCUT2D eigenvalue weighted by molar-refractivity contribution is 5.70. The third-order valence-corrected chi connectivity index (χ3v) is 2.86. The molecule has 0 radical (unpaired) electrons. The highest BCUT2D eigenvalue weighted by Crippen LogP contribution is 2.37. The van der Waals surface area contributed by atoms with Gasteiger partial charge in [-0.25, -0.2) is 0 Å². The fourth-order valence-corrected chi connectivity index (χ4v) is 1.70. The molecule has 74 valence electrons. The van der Waals surface area contributed by atoms with Crippen molar-refractivity contribution >= 4 is 5.97 Å². The Labute approximate surface area is 80.0 Å². The van der Waals surface area contributed by atoms with Crippen LogP contribution in [-0.4, -0.2) is 13.1 Å². The zero-order valence-corrected chi connectivity index (χ0v) is 8.72. The summed E-state index contributed by atoms with van der Waals surface area (Å²) in [7, 11) is 1.45. The molecule has 1 unspecified atom stereocenters. The van der Waals surface area contributed by atoms with Gasteiger partial charge in [-0.3, -0.25) is 4.79 Å². The van der Waals surface area contributed by atoms with Crippen molar-refractivity contribution in [1.29, 1.82) is 0 Å². The second-order valence-corrected chi connectivity index (χ2v) is 4.32. The van der Waals surface area contributed by atoms with Gasteiger partial charge in [-0.15, -0.1) is 0 Å². The zero-order valence-electron chi connectivity index (χ0n) is 8.72. The summed E-state index contributed by atoms with van der Waals surface area (Å²) in [5, 5.41) is 0. The number of ether oxygens (including phenoxy) is 1. The van der Waals surface area contributed by atoms with E-state index in [-0.39, 0.29) is 11.4 Å². The van der Waals surface area contributed by atoms with E-state index in [2.05, 4.69) is 24.7 Å². The SMILES string of the molecule is COC(=O)CC1(C)CC=C(C)CC1. The lowest BCUT2D eigenvalue weighted by Crippen LogP contribution is -2.23. The van der Waals surface area contributed by atoms with Crippen LogP contribution in [0.4, 0.5) is 0 Å². The molecule has 13 heavy (non-hydrogen) atoms. The Morgan fingerprint density at radius 1 is 1.69 bits per heavy atom. The molecular weight excluding hydrogens is 164 g/mol. The average Bonchev–Trinajstić information content (AvgIpc) is 2.10. The molecule has 0 heterocycles. The smallest absolute Gasteiger partial charge is 0.306 e. The fraction of sp³-hybridized carbons (Fsp3) is 0.727. The lowest BCUT2D eigenvalue weighted by atomic mass is 9.74. The number of hydrogen-bond acceptors (Lipinski definition) is 2. The average molecular weight is 182 g/mol. The van der Waals surface area contributed by atoms with E-state index in [1.54, 1.807) is 0 Å². The Morgan fingerprint density at radius 3 is 2.85 bits per heavy atom. The number of carbonyl (C=O) groups excluding carboxylic acids is 1. The molecule has 1 aliphatic rings. The number of carbonyl (C=O) groups is 1. The van der Waals surface area contributed by atoms with Crippen LogP contribution >= 0.6 is 0 Å². The summed E-state index contributed by atoms with van der Waals surface area (Å²) >= 11 is 0. The molecule has 1 aliphatic carbocycles. The van der Waals surface area contributed by atoms with Gasteiger partial charge in [0.15, 0.2) is 0 Å². The standard InChI is InChI=1S/C11H18O2/c1-9-4-6-11(2,7-5-9)8-10(12)13-3/h4H,5-8H2,1-3H3. The van der Waals surface area contributed by atoms with Crippen molar-refractivity contribution in [2.45, 2.75) is 39.5 Å². The normalized spacial score (nSPS) is 28.1. The van der Waals surface area contributed by atoms with Crippen LogP contribution in [0.3, 0.4) is 0 Å². The maximum absolute atomic E-state index is 11.1. The first-order chi connectivity index (χ1) is 6.06. The van der Waals surface area contributed by atoms with E-state index in [9.17, 15) is 4.79 Å². The summed E-state index contributed by atoms with van der Waals surface area (Å²) in [6.45, 7) is 4.31. The molecule has 0 aromatic carbocycles. The molecule has 1 atom stereocenters. The van der Waals surface area contributed by atoms with Crippen LogP contribution in [0.1, 0.15) is 39.5 Å². The molecule has 1 rings (SSSR count). The Balaban J connectivity index is 2.53. The van der Waals surface area contributed by atoms with Crippen LogP contribution in [0.25, 0.3) is 0 Å². The molecule has 0 bridgehead atoms. The van der Waals surface area contributed by atoms with Crippen molar-refractivity contribution in [1.82, 2.24) is 0 Å². The molecule has 2 heteroatoms. The molecule has 2 nitrogen and oxygen atoms in total. The van der Waals surface area contributed by atoms with E-state index in [1.807, 2.05) is 0 Å². The Morgan fingerprint density at radius 2 is 2.38 bits per heavy atom. The molecule has 0 amide bonds. The van der Waals surface area contributed by atoms with Crippen molar-refractivity contribution in [3.63, 3.8) is 0 Å². The molecular formula is C11H18O2. The minimum absolute atomic E-state index is 0.0875. The topological polar surface area (TPSA) is 26.3 Å². The number of rotatable bonds is 2. The van der Waals surface area contributed by atoms with Gasteiger partial charge in [-0.2, -0.15) is 0 Å². The monoisotopic (exact) mass is 182 g/mol. The van der Waals surface area contributed by atoms with Gasteiger partial charge in [-0.1, -0.05) is 18.6 Å². The second-order valence-electron chi connectivity index (χ2n) is 4.32. The van der Waals surface area contributed by atoms with Gasteiger partial charge in [0.25, 0.3) is 0 Å². The van der Waals surface area contributed by atoms with Gasteiger partial charge in [-0.05, 0) is 31.6 Å². The van der Waals surface area contributed by atoms with Gasteiger partial charge in [0.2, 0.25) is 0 Å². The summed E-state index contributed by atoms with van der Waals surface area (Å²) in [6.07, 6.45) is 6.02. The van der Waals surface area contributed by atoms with E-state index in [1.165, 1.54) is 12.7 Å². The maximum Gasteiger partial charge on any atom is 0.306 e. The molecule has 0 spiro atoms. The van der Waals surface area contributed by atoms with Crippen LogP contribution < -0.4 is 0 Å². The highest BCUT2D eigenvalue weighted by atomic mass is 16.5. The molecule has 0 aliphatic heterocycles. The van der Waals surface area contributed by atoms with E-state index in [0.717, 1.165) is 19.3 Å². The predicted molar refractivity (Wildman–Crippen MR) is 52.3 cm³/mol. The minimum Gasteiger partial charge on any atom is -0.469 e. The van der Waals surface area contributed by atoms with Gasteiger partial charge in [0.1, 0.15) is 0 Å². The van der Waals surface area contributed by atoms with Crippen LogP contribution in [0, 0.1) is 5.41 Å². The predicted octanol–water partition coefficient (Wildman–Crippen LogP) is 2.69. The zero-order chi connectivity index (χ0) is 9.90. The Kier molecular flexibility index (Phi) is 3.12. The third kappa shape index (κ3) is 2.87. The largest absolute Gasteiger partial charge is 0.469 e. The molecule has 0 fully saturated rings. The summed E-state index contributed by atoms with van der Waals surface area (Å²) in [5.74, 6) is -0.0875. The van der Waals surface area contributed by atoms with Crippen molar-refractivity contribution < 1.29 is 9.53 Å². The van der Waals surface area contributed by atoms with Crippen LogP contribution in [-0.2, 0) is 9.53 Å². The summed E-state index contributed by atoms with van der Waals surface area (Å²) in [4.78, 5) is 11.1. The van der Waals surface area contributed by atoms with E-state index in [4.69, 9.17) is 0 Å². The van der Waals surface area contributed by atoms with Gasteiger partial charge < -0.3 is 4.74 Å². The molecule has 0 aromatic rings. The first-order valence-electron chi connectivity index (χ1n) is 4.78. The summed E-state index contributed by atoms with van der Waals surface area (Å²) in [5.41, 5.74) is 1.58.